The fourth-order valence-electron chi connectivity index (χ4n) is 6.00. The van der Waals surface area contributed by atoms with Crippen molar-refractivity contribution in [1.82, 2.24) is 14.7 Å². The molecule has 0 fully saturated rings. The summed E-state index contributed by atoms with van der Waals surface area (Å²) in [5.74, 6) is 1.80. The summed E-state index contributed by atoms with van der Waals surface area (Å²) in [6, 6.07) is 31.5. The lowest BCUT2D eigenvalue weighted by molar-refractivity contribution is 0.168. The molecular formula is C38H48N4O6SSi. The van der Waals surface area contributed by atoms with Crippen LogP contribution < -0.4 is 19.5 Å². The van der Waals surface area contributed by atoms with Gasteiger partial charge in [0.1, 0.15) is 23.8 Å². The highest BCUT2D eigenvalue weighted by molar-refractivity contribution is 7.92. The van der Waals surface area contributed by atoms with Crippen molar-refractivity contribution >= 4 is 29.7 Å². The number of benzene rings is 3. The van der Waals surface area contributed by atoms with Gasteiger partial charge in [-0.3, -0.25) is 9.12 Å². The van der Waals surface area contributed by atoms with Crippen molar-refractivity contribution < 1.29 is 27.4 Å². The molecule has 2 atom stereocenters. The molecule has 0 saturated heterocycles. The van der Waals surface area contributed by atoms with E-state index < -0.39 is 18.3 Å². The number of aromatic nitrogens is 2. The number of imidazole rings is 1. The Morgan fingerprint density at radius 2 is 1.64 bits per heavy atom. The molecule has 12 heteroatoms. The first-order valence-electron chi connectivity index (χ1n) is 17.1. The van der Waals surface area contributed by atoms with Crippen LogP contribution in [0.15, 0.2) is 103 Å². The Kier molecular flexibility index (Phi) is 12.7. The molecule has 0 spiro atoms. The second-order valence-electron chi connectivity index (χ2n) is 12.5. The molecule has 0 aliphatic rings. The van der Waals surface area contributed by atoms with Gasteiger partial charge in [0.25, 0.3) is 0 Å². The molecule has 0 bridgehead atoms. The van der Waals surface area contributed by atoms with E-state index in [4.69, 9.17) is 13.9 Å². The first-order chi connectivity index (χ1) is 24.1. The van der Waals surface area contributed by atoms with Crippen LogP contribution >= 0.6 is 0 Å². The largest absolute Gasteiger partial charge is 0.487 e. The lowest BCUT2D eigenvalue weighted by atomic mass is 10.0. The van der Waals surface area contributed by atoms with Gasteiger partial charge in [0, 0.05) is 25.0 Å². The van der Waals surface area contributed by atoms with Gasteiger partial charge in [0.15, 0.2) is 8.32 Å². The van der Waals surface area contributed by atoms with Gasteiger partial charge in [0.2, 0.25) is 15.9 Å². The minimum absolute atomic E-state index is 0.0708. The highest BCUT2D eigenvalue weighted by Crippen LogP contribution is 2.35. The topological polar surface area (TPSA) is 123 Å². The fourth-order valence-corrected chi connectivity index (χ4v) is 9.38. The molecular weight excluding hydrogens is 669 g/mol. The Balaban J connectivity index is 1.32. The molecule has 0 aliphatic heterocycles. The molecule has 3 aromatic carbocycles. The van der Waals surface area contributed by atoms with Gasteiger partial charge >= 0.3 is 0 Å². The average molecular weight is 717 g/mol. The number of ether oxygens (including phenoxy) is 2. The SMILES string of the molecule is CC[Si](CC)(CC)O[C@@H](CN[C@H](CO)Cc1ccc(Oc2cccc3nccn23)cc1)c1ccc(OCc2ccccc2)c(NS(C)(=O)=O)c1. The van der Waals surface area contributed by atoms with Gasteiger partial charge in [-0.25, -0.2) is 13.4 Å². The normalized spacial score (nSPS) is 13.2. The number of fused-ring (bicyclic) bond motifs is 1. The third-order valence-corrected chi connectivity index (χ3v) is 14.3. The zero-order valence-corrected chi connectivity index (χ0v) is 31.0. The first-order valence-corrected chi connectivity index (χ1v) is 21.6. The summed E-state index contributed by atoms with van der Waals surface area (Å²) in [5.41, 5.74) is 4.01. The van der Waals surface area contributed by atoms with Gasteiger partial charge in [-0.05, 0) is 77.6 Å². The predicted octanol–water partition coefficient (Wildman–Crippen LogP) is 7.33. The minimum Gasteiger partial charge on any atom is -0.487 e. The van der Waals surface area contributed by atoms with E-state index in [-0.39, 0.29) is 18.8 Å². The Bertz CT molecular complexity index is 1910. The smallest absolute Gasteiger partial charge is 0.229 e. The maximum Gasteiger partial charge on any atom is 0.229 e. The van der Waals surface area contributed by atoms with Gasteiger partial charge in [-0.2, -0.15) is 0 Å². The first kappa shape index (κ1) is 37.1. The van der Waals surface area contributed by atoms with E-state index in [0.717, 1.165) is 46.7 Å². The van der Waals surface area contributed by atoms with Crippen molar-refractivity contribution in [3.05, 3.63) is 120 Å². The van der Waals surface area contributed by atoms with Gasteiger partial charge in [0.05, 0.1) is 24.7 Å². The maximum absolute atomic E-state index is 12.4. The van der Waals surface area contributed by atoms with Crippen LogP contribution in [-0.4, -0.2) is 56.7 Å². The number of nitrogens with one attached hydrogen (secondary N) is 2. The molecule has 0 aliphatic carbocycles. The molecule has 5 rings (SSSR count). The summed E-state index contributed by atoms with van der Waals surface area (Å²) in [7, 11) is -5.69. The van der Waals surface area contributed by atoms with E-state index in [9.17, 15) is 13.5 Å². The van der Waals surface area contributed by atoms with Gasteiger partial charge in [-0.15, -0.1) is 0 Å². The number of sulfonamides is 1. The lowest BCUT2D eigenvalue weighted by Gasteiger charge is -2.34. The zero-order chi connectivity index (χ0) is 35.6. The van der Waals surface area contributed by atoms with E-state index in [1.165, 1.54) is 0 Å². The van der Waals surface area contributed by atoms with Crippen LogP contribution in [0.1, 0.15) is 43.6 Å². The molecule has 266 valence electrons. The molecule has 0 radical (unpaired) electrons. The number of aliphatic hydroxyl groups excluding tert-OH is 1. The Morgan fingerprint density at radius 3 is 2.32 bits per heavy atom. The van der Waals surface area contributed by atoms with Crippen molar-refractivity contribution in [2.24, 2.45) is 0 Å². The summed E-state index contributed by atoms with van der Waals surface area (Å²) < 4.78 is 48.6. The van der Waals surface area contributed by atoms with Gasteiger partial charge < -0.3 is 24.3 Å². The van der Waals surface area contributed by atoms with Crippen LogP contribution in [0.5, 0.6) is 17.4 Å². The van der Waals surface area contributed by atoms with Crippen molar-refractivity contribution in [1.29, 1.82) is 0 Å². The number of hydrogen-bond acceptors (Lipinski definition) is 8. The number of aliphatic hydroxyl groups is 1. The Morgan fingerprint density at radius 1 is 0.900 bits per heavy atom. The number of hydrogen-bond donors (Lipinski definition) is 3. The Labute approximate surface area is 296 Å². The molecule has 0 unspecified atom stereocenters. The third kappa shape index (κ3) is 9.95. The third-order valence-electron chi connectivity index (χ3n) is 9.06. The number of anilines is 1. The predicted molar refractivity (Wildman–Crippen MR) is 201 cm³/mol. The van der Waals surface area contributed by atoms with Crippen LogP contribution in [0.25, 0.3) is 5.65 Å². The molecule has 3 N–H and O–H groups in total. The summed E-state index contributed by atoms with van der Waals surface area (Å²) in [5, 5.41) is 14.0. The van der Waals surface area contributed by atoms with E-state index in [1.807, 2.05) is 95.5 Å². The van der Waals surface area contributed by atoms with E-state index >= 15 is 0 Å². The number of rotatable bonds is 19. The molecule has 0 saturated carbocycles. The van der Waals surface area contributed by atoms with Crippen LogP contribution in [0.2, 0.25) is 18.1 Å². The molecule has 10 nitrogen and oxygen atoms in total. The monoisotopic (exact) mass is 716 g/mol. The summed E-state index contributed by atoms with van der Waals surface area (Å²) in [4.78, 5) is 4.31. The highest BCUT2D eigenvalue weighted by atomic mass is 32.2. The quantitative estimate of drug-likeness (QED) is 0.0760. The minimum atomic E-state index is -3.59. The second kappa shape index (κ2) is 17.1. The second-order valence-corrected chi connectivity index (χ2v) is 19.0. The fraction of sp³-hybridized carbons (Fsp3) is 0.342. The van der Waals surface area contributed by atoms with E-state index in [2.05, 4.69) is 35.8 Å². The van der Waals surface area contributed by atoms with Crippen molar-refractivity contribution in [2.75, 3.05) is 24.1 Å². The maximum atomic E-state index is 12.4. The van der Waals surface area contributed by atoms with Crippen molar-refractivity contribution in [2.45, 2.75) is 64.1 Å². The molecule has 2 heterocycles. The average Bonchev–Trinajstić information content (AvgIpc) is 3.62. The van der Waals surface area contributed by atoms with Crippen LogP contribution in [-0.2, 0) is 27.5 Å². The van der Waals surface area contributed by atoms with E-state index in [0.29, 0.717) is 42.6 Å². The standard InChI is InChI=1S/C38H48N4O6SSi/c1-5-50(6-2,7-3)48-36(31-18-21-35(34(25-31)41-49(4,44)45)46-28-30-12-9-8-10-13-30)26-40-32(27-43)24-29-16-19-33(20-17-29)47-38-15-11-14-37-39-22-23-42(37)38/h8-23,25,32,36,40-41,43H,5-7,24,26-28H2,1-4H3/t32-,36-/m0/s1. The number of pyridine rings is 1. The molecule has 0 amide bonds. The summed E-state index contributed by atoms with van der Waals surface area (Å²) in [6.45, 7) is 7.20. The van der Waals surface area contributed by atoms with Crippen LogP contribution in [0.3, 0.4) is 0 Å². The zero-order valence-electron chi connectivity index (χ0n) is 29.2. The summed E-state index contributed by atoms with van der Waals surface area (Å²) >= 11 is 0. The van der Waals surface area contributed by atoms with Crippen molar-refractivity contribution in [3.63, 3.8) is 0 Å². The van der Waals surface area contributed by atoms with Crippen LogP contribution in [0, 0.1) is 0 Å². The van der Waals surface area contributed by atoms with Gasteiger partial charge in [-0.1, -0.05) is 75.4 Å². The lowest BCUT2D eigenvalue weighted by Crippen LogP contribution is -2.43. The van der Waals surface area contributed by atoms with Crippen LogP contribution in [0.4, 0.5) is 5.69 Å². The Hall–Kier alpha value is -4.20. The highest BCUT2D eigenvalue weighted by Gasteiger charge is 2.33. The number of nitrogens with zero attached hydrogens (tertiary/aromatic N) is 2. The van der Waals surface area contributed by atoms with Crippen molar-refractivity contribution in [3.8, 4) is 17.4 Å². The molecule has 50 heavy (non-hydrogen) atoms. The molecule has 2 aromatic heterocycles. The van der Waals surface area contributed by atoms with E-state index in [1.54, 1.807) is 12.3 Å². The summed E-state index contributed by atoms with van der Waals surface area (Å²) in [6.07, 6.45) is 4.94. The molecule has 5 aromatic rings.